The molecule has 0 amide bonds. The zero-order chi connectivity index (χ0) is 18.8. The summed E-state index contributed by atoms with van der Waals surface area (Å²) in [4.78, 5) is 20.5. The van der Waals surface area contributed by atoms with Crippen molar-refractivity contribution >= 4 is 39.8 Å². The van der Waals surface area contributed by atoms with E-state index in [4.69, 9.17) is 16.3 Å². The molecule has 4 aromatic rings. The molecule has 27 heavy (non-hydrogen) atoms. The van der Waals surface area contributed by atoms with Crippen molar-refractivity contribution in [3.63, 3.8) is 0 Å². The van der Waals surface area contributed by atoms with Crippen LogP contribution >= 0.6 is 11.6 Å². The Morgan fingerprint density at radius 1 is 1.15 bits per heavy atom. The Morgan fingerprint density at radius 3 is 2.81 bits per heavy atom. The smallest absolute Gasteiger partial charge is 0.340 e. The summed E-state index contributed by atoms with van der Waals surface area (Å²) in [6.07, 6.45) is 6.96. The Hall–Kier alpha value is -3.38. The van der Waals surface area contributed by atoms with Crippen LogP contribution in [0.15, 0.2) is 67.3 Å². The lowest BCUT2D eigenvalue weighted by atomic mass is 10.1. The largest absolute Gasteiger partial charge is 0.465 e. The van der Waals surface area contributed by atoms with Gasteiger partial charge in [-0.3, -0.25) is 9.55 Å². The molecular formula is C20H15ClN4O2. The fourth-order valence-electron chi connectivity index (χ4n) is 2.90. The maximum atomic E-state index is 12.0. The molecule has 0 unspecified atom stereocenters. The van der Waals surface area contributed by atoms with E-state index in [2.05, 4.69) is 15.3 Å². The molecule has 0 saturated heterocycles. The highest BCUT2D eigenvalue weighted by Crippen LogP contribution is 2.28. The van der Waals surface area contributed by atoms with Crippen LogP contribution in [0.5, 0.6) is 0 Å². The number of ether oxygens (including phenoxy) is 1. The number of benzene rings is 2. The van der Waals surface area contributed by atoms with E-state index in [1.54, 1.807) is 36.8 Å². The van der Waals surface area contributed by atoms with Crippen molar-refractivity contribution in [2.75, 3.05) is 12.4 Å². The maximum absolute atomic E-state index is 12.0. The van der Waals surface area contributed by atoms with E-state index in [-0.39, 0.29) is 0 Å². The molecule has 0 radical (unpaired) electrons. The number of fused-ring (bicyclic) bond motifs is 1. The van der Waals surface area contributed by atoms with Crippen LogP contribution < -0.4 is 5.32 Å². The highest BCUT2D eigenvalue weighted by atomic mass is 35.5. The number of hydrogen-bond acceptors (Lipinski definition) is 5. The average molecular weight is 379 g/mol. The zero-order valence-electron chi connectivity index (χ0n) is 14.4. The predicted octanol–water partition coefficient (Wildman–Crippen LogP) is 4.60. The van der Waals surface area contributed by atoms with Crippen LogP contribution in [0.25, 0.3) is 16.7 Å². The Kier molecular flexibility index (Phi) is 4.48. The van der Waals surface area contributed by atoms with E-state index < -0.39 is 5.97 Å². The minimum absolute atomic E-state index is 0.377. The standard InChI is InChI=1S/C20H15ClN4O2/c1-27-20(26)16-11-14(21)2-4-17(16)24-15-3-5-18-13(10-15)6-9-25(18)19-12-22-7-8-23-19/h2-12,24H,1H3. The van der Waals surface area contributed by atoms with Crippen molar-refractivity contribution in [3.8, 4) is 5.82 Å². The van der Waals surface area contributed by atoms with Crippen LogP contribution in [-0.2, 0) is 4.74 Å². The highest BCUT2D eigenvalue weighted by molar-refractivity contribution is 6.31. The lowest BCUT2D eigenvalue weighted by Crippen LogP contribution is -2.05. The molecular weight excluding hydrogens is 364 g/mol. The fourth-order valence-corrected chi connectivity index (χ4v) is 3.07. The number of carbonyl (C=O) groups is 1. The molecule has 1 N–H and O–H groups in total. The molecule has 0 aliphatic carbocycles. The van der Waals surface area contributed by atoms with Gasteiger partial charge >= 0.3 is 5.97 Å². The van der Waals surface area contributed by atoms with E-state index in [9.17, 15) is 4.79 Å². The summed E-state index contributed by atoms with van der Waals surface area (Å²) < 4.78 is 6.80. The van der Waals surface area contributed by atoms with Gasteiger partial charge in [0.25, 0.3) is 0 Å². The minimum atomic E-state index is -0.449. The SMILES string of the molecule is COC(=O)c1cc(Cl)ccc1Nc1ccc2c(ccn2-c2cnccn2)c1. The van der Waals surface area contributed by atoms with Gasteiger partial charge in [-0.05, 0) is 42.5 Å². The second-order valence-corrected chi connectivity index (χ2v) is 6.27. The summed E-state index contributed by atoms with van der Waals surface area (Å²) in [6, 6.07) is 13.0. The monoisotopic (exact) mass is 378 g/mol. The molecule has 0 aliphatic rings. The second-order valence-electron chi connectivity index (χ2n) is 5.83. The minimum Gasteiger partial charge on any atom is -0.465 e. The van der Waals surface area contributed by atoms with Crippen LogP contribution in [0.2, 0.25) is 5.02 Å². The summed E-state index contributed by atoms with van der Waals surface area (Å²) in [7, 11) is 1.34. The molecule has 4 rings (SSSR count). The molecule has 2 aromatic heterocycles. The van der Waals surface area contributed by atoms with Gasteiger partial charge in [-0.2, -0.15) is 0 Å². The topological polar surface area (TPSA) is 69.0 Å². The number of carbonyl (C=O) groups excluding carboxylic acids is 1. The number of hydrogen-bond donors (Lipinski definition) is 1. The average Bonchev–Trinajstić information content (AvgIpc) is 3.12. The van der Waals surface area contributed by atoms with Gasteiger partial charge in [0.2, 0.25) is 0 Å². The van der Waals surface area contributed by atoms with Gasteiger partial charge in [0.15, 0.2) is 5.82 Å². The van der Waals surface area contributed by atoms with Crippen molar-refractivity contribution in [2.24, 2.45) is 0 Å². The summed E-state index contributed by atoms with van der Waals surface area (Å²) in [5, 5.41) is 4.76. The quantitative estimate of drug-likeness (QED) is 0.525. The summed E-state index contributed by atoms with van der Waals surface area (Å²) in [5.74, 6) is 0.300. The number of aromatic nitrogens is 3. The molecule has 0 bridgehead atoms. The number of methoxy groups -OCH3 is 1. The molecule has 0 saturated carbocycles. The molecule has 0 atom stereocenters. The first-order chi connectivity index (χ1) is 13.2. The molecule has 7 heteroatoms. The Balaban J connectivity index is 1.70. The first-order valence-corrected chi connectivity index (χ1v) is 8.56. The lowest BCUT2D eigenvalue weighted by Gasteiger charge is -2.12. The molecule has 134 valence electrons. The third-order valence-electron chi connectivity index (χ3n) is 4.15. The van der Waals surface area contributed by atoms with Crippen LogP contribution in [0.3, 0.4) is 0 Å². The summed E-state index contributed by atoms with van der Waals surface area (Å²) in [5.41, 5.74) is 2.85. The Morgan fingerprint density at radius 2 is 2.04 bits per heavy atom. The number of nitrogens with one attached hydrogen (secondary N) is 1. The maximum Gasteiger partial charge on any atom is 0.340 e. The van der Waals surface area contributed by atoms with Crippen LogP contribution in [0, 0.1) is 0 Å². The van der Waals surface area contributed by atoms with Gasteiger partial charge in [-0.15, -0.1) is 0 Å². The zero-order valence-corrected chi connectivity index (χ0v) is 15.1. The van der Waals surface area contributed by atoms with Crippen molar-refractivity contribution < 1.29 is 9.53 Å². The van der Waals surface area contributed by atoms with E-state index in [1.165, 1.54) is 7.11 Å². The number of nitrogens with zero attached hydrogens (tertiary/aromatic N) is 3. The number of halogens is 1. The number of rotatable bonds is 4. The van der Waals surface area contributed by atoms with E-state index in [0.717, 1.165) is 22.4 Å². The van der Waals surface area contributed by atoms with Gasteiger partial charge in [0.05, 0.1) is 30.1 Å². The van der Waals surface area contributed by atoms with Crippen LogP contribution in [0.1, 0.15) is 10.4 Å². The van der Waals surface area contributed by atoms with Crippen molar-refractivity contribution in [2.45, 2.75) is 0 Å². The first-order valence-electron chi connectivity index (χ1n) is 8.18. The molecule has 2 heterocycles. The van der Waals surface area contributed by atoms with Crippen molar-refractivity contribution in [1.29, 1.82) is 0 Å². The van der Waals surface area contributed by atoms with Gasteiger partial charge in [-0.1, -0.05) is 11.6 Å². The van der Waals surface area contributed by atoms with E-state index in [0.29, 0.717) is 16.3 Å². The molecule has 0 fully saturated rings. The van der Waals surface area contributed by atoms with E-state index >= 15 is 0 Å². The van der Waals surface area contributed by atoms with Gasteiger partial charge in [-0.25, -0.2) is 9.78 Å². The summed E-state index contributed by atoms with van der Waals surface area (Å²) in [6.45, 7) is 0. The normalized spacial score (nSPS) is 10.7. The van der Waals surface area contributed by atoms with Crippen molar-refractivity contribution in [1.82, 2.24) is 14.5 Å². The van der Waals surface area contributed by atoms with Crippen molar-refractivity contribution in [3.05, 3.63) is 77.8 Å². The van der Waals surface area contributed by atoms with Gasteiger partial charge < -0.3 is 10.1 Å². The van der Waals surface area contributed by atoms with Crippen LogP contribution in [-0.4, -0.2) is 27.6 Å². The number of esters is 1. The first kappa shape index (κ1) is 17.1. The fraction of sp³-hybridized carbons (Fsp3) is 0.0500. The Labute approximate surface area is 160 Å². The molecule has 6 nitrogen and oxygen atoms in total. The third kappa shape index (κ3) is 3.35. The van der Waals surface area contributed by atoms with Gasteiger partial charge in [0.1, 0.15) is 0 Å². The highest BCUT2D eigenvalue weighted by Gasteiger charge is 2.13. The third-order valence-corrected chi connectivity index (χ3v) is 4.39. The Bertz CT molecular complexity index is 1130. The molecule has 0 aliphatic heterocycles. The van der Waals surface area contributed by atoms with Gasteiger partial charge in [0, 0.05) is 34.7 Å². The molecule has 0 spiro atoms. The van der Waals surface area contributed by atoms with E-state index in [1.807, 2.05) is 35.0 Å². The predicted molar refractivity (Wildman–Crippen MR) is 105 cm³/mol. The van der Waals surface area contributed by atoms with Crippen LogP contribution in [0.4, 0.5) is 11.4 Å². The number of anilines is 2. The second kappa shape index (κ2) is 7.09. The molecule has 2 aromatic carbocycles. The lowest BCUT2D eigenvalue weighted by molar-refractivity contribution is 0.0602. The summed E-state index contributed by atoms with van der Waals surface area (Å²) >= 11 is 6.01.